The van der Waals surface area contributed by atoms with Crippen LogP contribution in [0.25, 0.3) is 0 Å². The number of carbonyl (C=O) groups excluding carboxylic acids is 2. The average Bonchev–Trinajstić information content (AvgIpc) is 3.14. The Morgan fingerprint density at radius 1 is 1.28 bits per heavy atom. The van der Waals surface area contributed by atoms with E-state index in [0.717, 1.165) is 5.56 Å². The van der Waals surface area contributed by atoms with E-state index in [1.54, 1.807) is 29.3 Å². The average molecular weight is 397 g/mol. The Labute approximate surface area is 168 Å². The van der Waals surface area contributed by atoms with Crippen molar-refractivity contribution < 1.29 is 23.8 Å². The second-order valence-corrected chi connectivity index (χ2v) is 6.85. The van der Waals surface area contributed by atoms with Crippen molar-refractivity contribution in [3.63, 3.8) is 0 Å². The molecule has 1 atom stereocenters. The highest BCUT2D eigenvalue weighted by molar-refractivity contribution is 6.00. The molecule has 0 radical (unpaired) electrons. The molecule has 4 rings (SSSR count). The highest BCUT2D eigenvalue weighted by atomic mass is 16.6. The summed E-state index contributed by atoms with van der Waals surface area (Å²) in [6.07, 6.45) is 1.82. The summed E-state index contributed by atoms with van der Waals surface area (Å²) in [5.74, 6) is 1.14. The van der Waals surface area contributed by atoms with Crippen LogP contribution in [-0.2, 0) is 16.1 Å². The number of hydrogen-bond acceptors (Lipinski definition) is 6. The summed E-state index contributed by atoms with van der Waals surface area (Å²) in [6.45, 7) is 4.01. The molecule has 1 fully saturated rings. The summed E-state index contributed by atoms with van der Waals surface area (Å²) in [7, 11) is 0. The van der Waals surface area contributed by atoms with Gasteiger partial charge >= 0.3 is 0 Å². The Morgan fingerprint density at radius 3 is 2.93 bits per heavy atom. The van der Waals surface area contributed by atoms with Gasteiger partial charge in [-0.05, 0) is 25.1 Å². The van der Waals surface area contributed by atoms with Gasteiger partial charge in [0, 0.05) is 43.0 Å². The first-order valence-corrected chi connectivity index (χ1v) is 9.70. The van der Waals surface area contributed by atoms with E-state index in [0.29, 0.717) is 56.0 Å². The number of aromatic nitrogens is 1. The van der Waals surface area contributed by atoms with Crippen molar-refractivity contribution in [1.29, 1.82) is 0 Å². The van der Waals surface area contributed by atoms with Crippen LogP contribution < -0.4 is 24.4 Å². The molecule has 1 aromatic heterocycles. The van der Waals surface area contributed by atoms with E-state index in [-0.39, 0.29) is 18.2 Å². The molecular weight excluding hydrogens is 374 g/mol. The number of benzene rings is 1. The number of anilines is 1. The van der Waals surface area contributed by atoms with Crippen molar-refractivity contribution in [1.82, 2.24) is 10.3 Å². The first-order chi connectivity index (χ1) is 14.2. The molecule has 1 unspecified atom stereocenters. The van der Waals surface area contributed by atoms with Gasteiger partial charge in [-0.15, -0.1) is 0 Å². The second kappa shape index (κ2) is 8.38. The minimum absolute atomic E-state index is 0.0850. The maximum absolute atomic E-state index is 12.6. The third-order valence-corrected chi connectivity index (χ3v) is 4.92. The molecule has 1 saturated heterocycles. The van der Waals surface area contributed by atoms with Crippen LogP contribution in [0.2, 0.25) is 0 Å². The fraction of sp³-hybridized carbons (Fsp3) is 0.381. The molecule has 0 spiro atoms. The largest absolute Gasteiger partial charge is 0.486 e. The first-order valence-electron chi connectivity index (χ1n) is 9.70. The van der Waals surface area contributed by atoms with Crippen LogP contribution in [0.1, 0.15) is 18.9 Å². The summed E-state index contributed by atoms with van der Waals surface area (Å²) in [6, 6.07) is 9.06. The van der Waals surface area contributed by atoms with Gasteiger partial charge < -0.3 is 24.4 Å². The summed E-state index contributed by atoms with van der Waals surface area (Å²) in [5.41, 5.74) is 1.51. The second-order valence-electron chi connectivity index (χ2n) is 6.85. The van der Waals surface area contributed by atoms with E-state index in [1.807, 2.05) is 19.1 Å². The van der Waals surface area contributed by atoms with Gasteiger partial charge in [0.05, 0.1) is 12.5 Å². The fourth-order valence-corrected chi connectivity index (χ4v) is 3.48. The third kappa shape index (κ3) is 4.11. The Hall–Kier alpha value is -3.29. The number of carbonyl (C=O) groups is 2. The predicted molar refractivity (Wildman–Crippen MR) is 105 cm³/mol. The van der Waals surface area contributed by atoms with E-state index in [1.165, 1.54) is 0 Å². The summed E-state index contributed by atoms with van der Waals surface area (Å²) < 4.78 is 16.6. The zero-order chi connectivity index (χ0) is 20.2. The minimum atomic E-state index is -0.414. The van der Waals surface area contributed by atoms with Crippen LogP contribution >= 0.6 is 0 Å². The number of amides is 2. The van der Waals surface area contributed by atoms with E-state index >= 15 is 0 Å². The van der Waals surface area contributed by atoms with Gasteiger partial charge in [0.2, 0.25) is 17.7 Å². The molecule has 2 aliphatic heterocycles. The van der Waals surface area contributed by atoms with Gasteiger partial charge in [0.25, 0.3) is 0 Å². The smallest absolute Gasteiger partial charge is 0.227 e. The molecule has 1 N–H and O–H groups in total. The molecule has 0 bridgehead atoms. The molecule has 2 aromatic rings. The van der Waals surface area contributed by atoms with Crippen LogP contribution in [0.15, 0.2) is 36.5 Å². The van der Waals surface area contributed by atoms with Crippen molar-refractivity contribution in [2.45, 2.75) is 19.9 Å². The van der Waals surface area contributed by atoms with Crippen LogP contribution in [0.4, 0.5) is 5.69 Å². The molecule has 2 amide bonds. The molecule has 152 valence electrons. The maximum atomic E-state index is 12.6. The third-order valence-electron chi connectivity index (χ3n) is 4.92. The normalized spacial score (nSPS) is 17.9. The SMILES string of the molecule is CCOc1ncccc1CNC(=O)C1CC(=O)N(c2ccc3c(c2)OCCO3)C1. The lowest BCUT2D eigenvalue weighted by Gasteiger charge is -2.22. The van der Waals surface area contributed by atoms with Crippen LogP contribution in [0.5, 0.6) is 17.4 Å². The first kappa shape index (κ1) is 19.0. The van der Waals surface area contributed by atoms with Crippen molar-refractivity contribution in [3.05, 3.63) is 42.1 Å². The highest BCUT2D eigenvalue weighted by Gasteiger charge is 2.35. The molecule has 0 saturated carbocycles. The standard InChI is InChI=1S/C21H23N3O5/c1-2-27-21-14(4-3-7-22-21)12-23-20(26)15-10-19(25)24(13-15)16-5-6-17-18(11-16)29-9-8-28-17/h3-7,11,15H,2,8-10,12-13H2,1H3,(H,23,26). The van der Waals surface area contributed by atoms with E-state index < -0.39 is 5.92 Å². The van der Waals surface area contributed by atoms with E-state index in [4.69, 9.17) is 14.2 Å². The predicted octanol–water partition coefficient (Wildman–Crippen LogP) is 1.92. The molecular formula is C21H23N3O5. The number of hydrogen-bond donors (Lipinski definition) is 1. The number of pyridine rings is 1. The van der Waals surface area contributed by atoms with Crippen LogP contribution in [0, 0.1) is 5.92 Å². The fourth-order valence-electron chi connectivity index (χ4n) is 3.48. The molecule has 3 heterocycles. The van der Waals surface area contributed by atoms with Gasteiger partial charge in [-0.3, -0.25) is 9.59 Å². The zero-order valence-electron chi connectivity index (χ0n) is 16.2. The molecule has 29 heavy (non-hydrogen) atoms. The zero-order valence-corrected chi connectivity index (χ0v) is 16.2. The molecule has 0 aliphatic carbocycles. The monoisotopic (exact) mass is 397 g/mol. The van der Waals surface area contributed by atoms with Crippen LogP contribution in [-0.4, -0.2) is 43.2 Å². The quantitative estimate of drug-likeness (QED) is 0.801. The maximum Gasteiger partial charge on any atom is 0.227 e. The Morgan fingerprint density at radius 2 is 2.10 bits per heavy atom. The van der Waals surface area contributed by atoms with Gasteiger partial charge in [-0.1, -0.05) is 6.07 Å². The van der Waals surface area contributed by atoms with Crippen molar-refractivity contribution in [2.75, 3.05) is 31.3 Å². The number of rotatable bonds is 6. The summed E-state index contributed by atoms with van der Waals surface area (Å²) >= 11 is 0. The Kier molecular flexibility index (Phi) is 5.50. The molecule has 2 aliphatic rings. The number of fused-ring (bicyclic) bond motifs is 1. The van der Waals surface area contributed by atoms with E-state index in [2.05, 4.69) is 10.3 Å². The lowest BCUT2D eigenvalue weighted by Crippen LogP contribution is -2.32. The van der Waals surface area contributed by atoms with Gasteiger partial charge in [-0.2, -0.15) is 0 Å². The molecule has 1 aromatic carbocycles. The van der Waals surface area contributed by atoms with Crippen molar-refractivity contribution in [3.8, 4) is 17.4 Å². The Balaban J connectivity index is 1.39. The number of nitrogens with one attached hydrogen (secondary N) is 1. The van der Waals surface area contributed by atoms with Crippen molar-refractivity contribution in [2.24, 2.45) is 5.92 Å². The van der Waals surface area contributed by atoms with Gasteiger partial charge in [-0.25, -0.2) is 4.98 Å². The highest BCUT2D eigenvalue weighted by Crippen LogP contribution is 2.36. The Bertz CT molecular complexity index is 917. The topological polar surface area (TPSA) is 90.0 Å². The minimum Gasteiger partial charge on any atom is -0.486 e. The van der Waals surface area contributed by atoms with Crippen molar-refractivity contribution >= 4 is 17.5 Å². The van der Waals surface area contributed by atoms with Gasteiger partial charge in [0.1, 0.15) is 13.2 Å². The lowest BCUT2D eigenvalue weighted by atomic mass is 10.1. The molecule has 8 nitrogen and oxygen atoms in total. The van der Waals surface area contributed by atoms with Crippen LogP contribution in [0.3, 0.4) is 0 Å². The summed E-state index contributed by atoms with van der Waals surface area (Å²) in [5, 5.41) is 2.90. The lowest BCUT2D eigenvalue weighted by molar-refractivity contribution is -0.126. The number of ether oxygens (including phenoxy) is 3. The van der Waals surface area contributed by atoms with Gasteiger partial charge in [0.15, 0.2) is 11.5 Å². The summed E-state index contributed by atoms with van der Waals surface area (Å²) in [4.78, 5) is 31.0. The number of nitrogens with zero attached hydrogens (tertiary/aromatic N) is 2. The van der Waals surface area contributed by atoms with E-state index in [9.17, 15) is 9.59 Å². The molecule has 8 heteroatoms.